The Bertz CT molecular complexity index is 550. The summed E-state index contributed by atoms with van der Waals surface area (Å²) in [6, 6.07) is 7.29. The topological polar surface area (TPSA) is 12.9 Å². The van der Waals surface area contributed by atoms with E-state index < -0.39 is 17.5 Å². The molecule has 0 atom stereocenters. The molecular formula is C13H8F3N. The molecule has 0 fully saturated rings. The molecule has 0 unspecified atom stereocenters. The van der Waals surface area contributed by atoms with E-state index in [2.05, 4.69) is 4.98 Å². The summed E-state index contributed by atoms with van der Waals surface area (Å²) in [5, 5.41) is 0. The zero-order valence-corrected chi connectivity index (χ0v) is 8.70. The van der Waals surface area contributed by atoms with Crippen LogP contribution in [0.3, 0.4) is 0 Å². The van der Waals surface area contributed by atoms with Gasteiger partial charge in [0.25, 0.3) is 0 Å². The Morgan fingerprint density at radius 1 is 0.882 bits per heavy atom. The lowest BCUT2D eigenvalue weighted by atomic mass is 10.1. The van der Waals surface area contributed by atoms with Gasteiger partial charge in [-0.1, -0.05) is 6.07 Å². The SMILES string of the molecule is Fc1ccc(/C=C/c2ccccn2)c(F)c1F. The zero-order chi connectivity index (χ0) is 12.3. The van der Waals surface area contributed by atoms with Gasteiger partial charge in [0, 0.05) is 11.8 Å². The van der Waals surface area contributed by atoms with Crippen molar-refractivity contribution in [2.24, 2.45) is 0 Å². The highest BCUT2D eigenvalue weighted by Crippen LogP contribution is 2.17. The van der Waals surface area contributed by atoms with Gasteiger partial charge in [-0.2, -0.15) is 0 Å². The quantitative estimate of drug-likeness (QED) is 0.724. The second-order valence-corrected chi connectivity index (χ2v) is 3.35. The molecule has 0 N–H and O–H groups in total. The van der Waals surface area contributed by atoms with Crippen molar-refractivity contribution >= 4 is 12.2 Å². The number of benzene rings is 1. The molecule has 0 spiro atoms. The van der Waals surface area contributed by atoms with Gasteiger partial charge in [0.05, 0.1) is 5.69 Å². The largest absolute Gasteiger partial charge is 0.257 e. The second kappa shape index (κ2) is 4.82. The molecule has 86 valence electrons. The Kier molecular flexibility index (Phi) is 3.23. The van der Waals surface area contributed by atoms with Crippen molar-refractivity contribution in [2.45, 2.75) is 0 Å². The van der Waals surface area contributed by atoms with Gasteiger partial charge in [0.15, 0.2) is 17.5 Å². The molecule has 1 heterocycles. The van der Waals surface area contributed by atoms with Crippen LogP contribution in [0.2, 0.25) is 0 Å². The summed E-state index contributed by atoms with van der Waals surface area (Å²) in [5.74, 6) is -3.86. The summed E-state index contributed by atoms with van der Waals surface area (Å²) in [6.45, 7) is 0. The molecule has 0 saturated heterocycles. The first-order chi connectivity index (χ1) is 8.18. The minimum atomic E-state index is -1.46. The molecule has 0 aliphatic carbocycles. The van der Waals surface area contributed by atoms with E-state index in [1.807, 2.05) is 0 Å². The molecule has 2 rings (SSSR count). The van der Waals surface area contributed by atoms with E-state index in [1.165, 1.54) is 18.2 Å². The van der Waals surface area contributed by atoms with Crippen molar-refractivity contribution in [3.05, 3.63) is 65.2 Å². The molecule has 17 heavy (non-hydrogen) atoms. The summed E-state index contributed by atoms with van der Waals surface area (Å²) >= 11 is 0. The van der Waals surface area contributed by atoms with Crippen LogP contribution >= 0.6 is 0 Å². The summed E-state index contributed by atoms with van der Waals surface area (Å²) in [4.78, 5) is 3.99. The summed E-state index contributed by atoms with van der Waals surface area (Å²) in [7, 11) is 0. The lowest BCUT2D eigenvalue weighted by Crippen LogP contribution is -1.92. The minimum Gasteiger partial charge on any atom is -0.257 e. The zero-order valence-electron chi connectivity index (χ0n) is 8.70. The third-order valence-electron chi connectivity index (χ3n) is 2.19. The van der Waals surface area contributed by atoms with E-state index in [0.717, 1.165) is 6.07 Å². The van der Waals surface area contributed by atoms with Crippen molar-refractivity contribution in [1.82, 2.24) is 4.98 Å². The van der Waals surface area contributed by atoms with E-state index in [4.69, 9.17) is 0 Å². The number of aromatic nitrogens is 1. The first kappa shape index (κ1) is 11.4. The van der Waals surface area contributed by atoms with Gasteiger partial charge < -0.3 is 0 Å². The number of halogens is 3. The molecule has 2 aromatic rings. The van der Waals surface area contributed by atoms with Crippen LogP contribution in [0.1, 0.15) is 11.3 Å². The summed E-state index contributed by atoms with van der Waals surface area (Å²) in [5.41, 5.74) is 0.589. The Labute approximate surface area is 96.2 Å². The Balaban J connectivity index is 2.31. The van der Waals surface area contributed by atoms with Gasteiger partial charge in [-0.25, -0.2) is 13.2 Å². The van der Waals surface area contributed by atoms with E-state index in [9.17, 15) is 13.2 Å². The standard InChI is InChI=1S/C13H8F3N/c14-11-7-5-9(12(15)13(11)16)4-6-10-3-1-2-8-17-10/h1-8H/b6-4+. The van der Waals surface area contributed by atoms with Crippen molar-refractivity contribution in [3.63, 3.8) is 0 Å². The van der Waals surface area contributed by atoms with Crippen LogP contribution < -0.4 is 0 Å². The van der Waals surface area contributed by atoms with Crippen molar-refractivity contribution in [3.8, 4) is 0 Å². The summed E-state index contributed by atoms with van der Waals surface area (Å²) in [6.07, 6.45) is 4.46. The molecule has 1 nitrogen and oxygen atoms in total. The highest BCUT2D eigenvalue weighted by molar-refractivity contribution is 5.68. The number of hydrogen-bond donors (Lipinski definition) is 0. The molecule has 4 heteroatoms. The average Bonchev–Trinajstić information content (AvgIpc) is 2.36. The molecule has 0 aliphatic rings. The first-order valence-electron chi connectivity index (χ1n) is 4.91. The molecule has 0 aliphatic heterocycles. The minimum absolute atomic E-state index is 0.0189. The van der Waals surface area contributed by atoms with Crippen molar-refractivity contribution in [2.75, 3.05) is 0 Å². The predicted octanol–water partition coefficient (Wildman–Crippen LogP) is 3.67. The summed E-state index contributed by atoms with van der Waals surface area (Å²) < 4.78 is 38.9. The molecule has 1 aromatic carbocycles. The molecule has 1 aromatic heterocycles. The lowest BCUT2D eigenvalue weighted by molar-refractivity contribution is 0.446. The maximum Gasteiger partial charge on any atom is 0.195 e. The highest BCUT2D eigenvalue weighted by Gasteiger charge is 2.10. The predicted molar refractivity (Wildman–Crippen MR) is 59.5 cm³/mol. The van der Waals surface area contributed by atoms with Gasteiger partial charge in [-0.05, 0) is 36.4 Å². The van der Waals surface area contributed by atoms with E-state index in [0.29, 0.717) is 5.69 Å². The molecule has 0 radical (unpaired) electrons. The monoisotopic (exact) mass is 235 g/mol. The fraction of sp³-hybridized carbons (Fsp3) is 0. The maximum absolute atomic E-state index is 13.3. The van der Waals surface area contributed by atoms with Crippen LogP contribution in [-0.4, -0.2) is 4.98 Å². The van der Waals surface area contributed by atoms with Crippen LogP contribution in [0.15, 0.2) is 36.5 Å². The van der Waals surface area contributed by atoms with Gasteiger partial charge in [0.1, 0.15) is 0 Å². The number of hydrogen-bond acceptors (Lipinski definition) is 1. The molecule has 0 bridgehead atoms. The van der Waals surface area contributed by atoms with E-state index >= 15 is 0 Å². The van der Waals surface area contributed by atoms with E-state index in [-0.39, 0.29) is 5.56 Å². The lowest BCUT2D eigenvalue weighted by Gasteiger charge is -1.99. The van der Waals surface area contributed by atoms with Crippen molar-refractivity contribution in [1.29, 1.82) is 0 Å². The fourth-order valence-electron chi connectivity index (χ4n) is 1.32. The number of pyridine rings is 1. The van der Waals surface area contributed by atoms with Gasteiger partial charge in [0.2, 0.25) is 0 Å². The van der Waals surface area contributed by atoms with Crippen LogP contribution in [0.5, 0.6) is 0 Å². The molecular weight excluding hydrogens is 227 g/mol. The molecule has 0 amide bonds. The highest BCUT2D eigenvalue weighted by atomic mass is 19.2. The van der Waals surface area contributed by atoms with Crippen LogP contribution in [0.25, 0.3) is 12.2 Å². The number of rotatable bonds is 2. The van der Waals surface area contributed by atoms with Crippen LogP contribution in [0.4, 0.5) is 13.2 Å². The normalized spacial score (nSPS) is 11.0. The van der Waals surface area contributed by atoms with E-state index in [1.54, 1.807) is 24.4 Å². The smallest absolute Gasteiger partial charge is 0.195 e. The van der Waals surface area contributed by atoms with Crippen molar-refractivity contribution < 1.29 is 13.2 Å². The Morgan fingerprint density at radius 3 is 2.41 bits per heavy atom. The maximum atomic E-state index is 13.3. The second-order valence-electron chi connectivity index (χ2n) is 3.35. The molecule has 0 saturated carbocycles. The van der Waals surface area contributed by atoms with Gasteiger partial charge >= 0.3 is 0 Å². The van der Waals surface area contributed by atoms with Crippen LogP contribution in [-0.2, 0) is 0 Å². The third-order valence-corrected chi connectivity index (χ3v) is 2.19. The first-order valence-corrected chi connectivity index (χ1v) is 4.91. The van der Waals surface area contributed by atoms with Crippen LogP contribution in [0, 0.1) is 17.5 Å². The fourth-order valence-corrected chi connectivity index (χ4v) is 1.32. The average molecular weight is 235 g/mol. The number of nitrogens with zero attached hydrogens (tertiary/aromatic N) is 1. The Hall–Kier alpha value is -2.10. The third kappa shape index (κ3) is 2.53. The van der Waals surface area contributed by atoms with Gasteiger partial charge in [-0.15, -0.1) is 0 Å². The van der Waals surface area contributed by atoms with Gasteiger partial charge in [-0.3, -0.25) is 4.98 Å². The Morgan fingerprint density at radius 2 is 1.71 bits per heavy atom.